The van der Waals surface area contributed by atoms with Gasteiger partial charge in [0.05, 0.1) is 17.5 Å². The van der Waals surface area contributed by atoms with Crippen LogP contribution in [0, 0.1) is 0 Å². The Labute approximate surface area is 130 Å². The number of pyridine rings is 1. The average Bonchev–Trinajstić information content (AvgIpc) is 2.96. The second-order valence-electron chi connectivity index (χ2n) is 4.56. The molecule has 0 radical (unpaired) electrons. The molecule has 0 saturated carbocycles. The lowest BCUT2D eigenvalue weighted by atomic mass is 10.1. The average molecular weight is 348 g/mol. The fourth-order valence-electron chi connectivity index (χ4n) is 2.11. The monoisotopic (exact) mass is 347 g/mol. The Balaban J connectivity index is 1.81. The summed E-state index contributed by atoms with van der Waals surface area (Å²) in [6, 6.07) is 14.5. The Bertz CT molecular complexity index is 725. The van der Waals surface area contributed by atoms with Crippen LogP contribution in [0.25, 0.3) is 10.9 Å². The van der Waals surface area contributed by atoms with Crippen LogP contribution in [0.2, 0.25) is 0 Å². The lowest BCUT2D eigenvalue weighted by molar-refractivity contribution is 0.416. The molecule has 2 nitrogen and oxygen atoms in total. The molecule has 4 heteroatoms. The molecule has 0 saturated heterocycles. The van der Waals surface area contributed by atoms with Crippen LogP contribution in [0.5, 0.6) is 5.75 Å². The lowest BCUT2D eigenvalue weighted by Crippen LogP contribution is -1.96. The maximum Gasteiger partial charge on any atom is 0.129 e. The number of nitrogens with zero attached hydrogens (tertiary/aromatic N) is 1. The van der Waals surface area contributed by atoms with E-state index in [-0.39, 0.29) is 4.83 Å². The molecule has 3 rings (SSSR count). The largest absolute Gasteiger partial charge is 0.496 e. The predicted octanol–water partition coefficient (Wildman–Crippen LogP) is 4.98. The minimum atomic E-state index is 0.269. The molecule has 0 aliphatic carbocycles. The van der Waals surface area contributed by atoms with Crippen molar-refractivity contribution in [3.05, 3.63) is 58.4 Å². The third-order valence-electron chi connectivity index (χ3n) is 3.18. The molecule has 0 N–H and O–H groups in total. The third kappa shape index (κ3) is 2.86. The molecule has 1 atom stereocenters. The highest BCUT2D eigenvalue weighted by molar-refractivity contribution is 9.09. The van der Waals surface area contributed by atoms with Gasteiger partial charge in [-0.25, -0.2) is 0 Å². The number of methoxy groups -OCH3 is 1. The van der Waals surface area contributed by atoms with Gasteiger partial charge in [0, 0.05) is 27.8 Å². The van der Waals surface area contributed by atoms with Crippen LogP contribution < -0.4 is 4.74 Å². The number of benzene rings is 1. The zero-order valence-electron chi connectivity index (χ0n) is 11.0. The SMILES string of the molecule is COc1csc(C(Br)Cc2ccc3ccccc3n2)c1. The first-order valence-electron chi connectivity index (χ1n) is 6.37. The predicted molar refractivity (Wildman–Crippen MR) is 88.0 cm³/mol. The molecule has 2 aromatic heterocycles. The van der Waals surface area contributed by atoms with Gasteiger partial charge in [-0.05, 0) is 18.2 Å². The van der Waals surface area contributed by atoms with Gasteiger partial charge in [0.1, 0.15) is 5.75 Å². The first-order chi connectivity index (χ1) is 9.76. The van der Waals surface area contributed by atoms with Crippen LogP contribution in [0.3, 0.4) is 0 Å². The van der Waals surface area contributed by atoms with E-state index in [4.69, 9.17) is 9.72 Å². The van der Waals surface area contributed by atoms with Crippen molar-refractivity contribution >= 4 is 38.2 Å². The molecule has 1 aromatic carbocycles. The number of halogens is 1. The quantitative estimate of drug-likeness (QED) is 0.620. The summed E-state index contributed by atoms with van der Waals surface area (Å²) < 4.78 is 5.23. The molecule has 0 aliphatic heterocycles. The van der Waals surface area contributed by atoms with E-state index in [0.29, 0.717) is 0 Å². The van der Waals surface area contributed by atoms with E-state index in [1.165, 1.54) is 10.3 Å². The number of hydrogen-bond acceptors (Lipinski definition) is 3. The van der Waals surface area contributed by atoms with Gasteiger partial charge in [0.2, 0.25) is 0 Å². The van der Waals surface area contributed by atoms with Crippen LogP contribution in [0.1, 0.15) is 15.4 Å². The minimum Gasteiger partial charge on any atom is -0.496 e. The summed E-state index contributed by atoms with van der Waals surface area (Å²) >= 11 is 5.45. The summed E-state index contributed by atoms with van der Waals surface area (Å²) in [7, 11) is 1.69. The number of aromatic nitrogens is 1. The fraction of sp³-hybridized carbons (Fsp3) is 0.188. The number of ether oxygens (including phenoxy) is 1. The van der Waals surface area contributed by atoms with E-state index in [0.717, 1.165) is 23.4 Å². The van der Waals surface area contributed by atoms with Crippen LogP contribution in [-0.4, -0.2) is 12.1 Å². The van der Waals surface area contributed by atoms with E-state index in [1.807, 2.05) is 17.5 Å². The van der Waals surface area contributed by atoms with E-state index in [1.54, 1.807) is 18.4 Å². The van der Waals surface area contributed by atoms with Crippen LogP contribution in [-0.2, 0) is 6.42 Å². The molecular weight excluding hydrogens is 334 g/mol. The molecule has 3 aromatic rings. The van der Waals surface area contributed by atoms with Crippen molar-refractivity contribution in [1.82, 2.24) is 4.98 Å². The normalized spacial score (nSPS) is 12.5. The maximum atomic E-state index is 5.23. The van der Waals surface area contributed by atoms with Crippen LogP contribution >= 0.6 is 27.3 Å². The van der Waals surface area contributed by atoms with Crippen LogP contribution in [0.4, 0.5) is 0 Å². The third-order valence-corrected chi connectivity index (χ3v) is 5.33. The summed E-state index contributed by atoms with van der Waals surface area (Å²) in [4.78, 5) is 6.24. The molecule has 1 unspecified atom stereocenters. The summed E-state index contributed by atoms with van der Waals surface area (Å²) in [5, 5.41) is 3.21. The Morgan fingerprint density at radius 2 is 2.10 bits per heavy atom. The first kappa shape index (κ1) is 13.6. The first-order valence-corrected chi connectivity index (χ1v) is 8.17. The van der Waals surface area contributed by atoms with Gasteiger partial charge in [-0.2, -0.15) is 0 Å². The standard InChI is InChI=1S/C16H14BrNOS/c1-19-13-9-16(20-10-13)14(17)8-12-7-6-11-4-2-3-5-15(11)18-12/h2-7,9-10,14H,8H2,1H3. The van der Waals surface area contributed by atoms with Crippen molar-refractivity contribution in [2.45, 2.75) is 11.2 Å². The summed E-state index contributed by atoms with van der Waals surface area (Å²) in [6.45, 7) is 0. The zero-order valence-corrected chi connectivity index (χ0v) is 13.4. The molecule has 0 spiro atoms. The highest BCUT2D eigenvalue weighted by atomic mass is 79.9. The van der Waals surface area contributed by atoms with Crippen molar-refractivity contribution in [3.8, 4) is 5.75 Å². The zero-order chi connectivity index (χ0) is 13.9. The number of para-hydroxylation sites is 1. The molecule has 2 heterocycles. The number of rotatable bonds is 4. The number of fused-ring (bicyclic) bond motifs is 1. The van der Waals surface area contributed by atoms with Crippen molar-refractivity contribution in [1.29, 1.82) is 0 Å². The van der Waals surface area contributed by atoms with E-state index >= 15 is 0 Å². The molecule has 0 amide bonds. The van der Waals surface area contributed by atoms with Crippen molar-refractivity contribution in [2.24, 2.45) is 0 Å². The van der Waals surface area contributed by atoms with Crippen molar-refractivity contribution < 1.29 is 4.74 Å². The van der Waals surface area contributed by atoms with Crippen molar-refractivity contribution in [2.75, 3.05) is 7.11 Å². The number of thiophene rings is 1. The van der Waals surface area contributed by atoms with Gasteiger partial charge in [0.25, 0.3) is 0 Å². The molecule has 0 fully saturated rings. The van der Waals surface area contributed by atoms with Gasteiger partial charge in [-0.1, -0.05) is 40.2 Å². The van der Waals surface area contributed by atoms with Gasteiger partial charge in [-0.3, -0.25) is 4.98 Å². The molecule has 102 valence electrons. The Hall–Kier alpha value is -1.39. The highest BCUT2D eigenvalue weighted by Crippen LogP contribution is 2.34. The Morgan fingerprint density at radius 3 is 2.90 bits per heavy atom. The minimum absolute atomic E-state index is 0.269. The summed E-state index contributed by atoms with van der Waals surface area (Å²) in [5.41, 5.74) is 2.14. The smallest absolute Gasteiger partial charge is 0.129 e. The lowest BCUT2D eigenvalue weighted by Gasteiger charge is -2.08. The summed E-state index contributed by atoms with van der Waals surface area (Å²) in [6.07, 6.45) is 0.870. The molecule has 0 aliphatic rings. The summed E-state index contributed by atoms with van der Waals surface area (Å²) in [5.74, 6) is 0.918. The van der Waals surface area contributed by atoms with Gasteiger partial charge < -0.3 is 4.74 Å². The Kier molecular flexibility index (Phi) is 4.03. The van der Waals surface area contributed by atoms with E-state index in [2.05, 4.69) is 46.3 Å². The van der Waals surface area contributed by atoms with Crippen LogP contribution in [0.15, 0.2) is 47.8 Å². The second kappa shape index (κ2) is 5.94. The van der Waals surface area contributed by atoms with E-state index in [9.17, 15) is 0 Å². The topological polar surface area (TPSA) is 22.1 Å². The number of hydrogen-bond donors (Lipinski definition) is 0. The second-order valence-corrected chi connectivity index (χ2v) is 6.60. The number of alkyl halides is 1. The Morgan fingerprint density at radius 1 is 1.25 bits per heavy atom. The molecule has 0 bridgehead atoms. The highest BCUT2D eigenvalue weighted by Gasteiger charge is 2.12. The van der Waals surface area contributed by atoms with Gasteiger partial charge in [0.15, 0.2) is 0 Å². The molecule has 20 heavy (non-hydrogen) atoms. The van der Waals surface area contributed by atoms with E-state index < -0.39 is 0 Å². The van der Waals surface area contributed by atoms with Crippen molar-refractivity contribution in [3.63, 3.8) is 0 Å². The van der Waals surface area contributed by atoms with Gasteiger partial charge in [-0.15, -0.1) is 11.3 Å². The molecular formula is C16H14BrNOS. The van der Waals surface area contributed by atoms with Gasteiger partial charge >= 0.3 is 0 Å². The fourth-order valence-corrected chi connectivity index (χ4v) is 3.73. The maximum absolute atomic E-state index is 5.23.